The summed E-state index contributed by atoms with van der Waals surface area (Å²) in [6.45, 7) is 0.401. The van der Waals surface area contributed by atoms with Crippen LogP contribution in [-0.2, 0) is 6.61 Å². The second-order valence-corrected chi connectivity index (χ2v) is 6.06. The third-order valence-electron chi connectivity index (χ3n) is 4.07. The highest BCUT2D eigenvalue weighted by atomic mass is 16.5. The van der Waals surface area contributed by atoms with Gasteiger partial charge in [-0.05, 0) is 49.2 Å². The zero-order valence-corrected chi connectivity index (χ0v) is 13.2. The summed E-state index contributed by atoms with van der Waals surface area (Å²) >= 11 is 0. The predicted molar refractivity (Wildman–Crippen MR) is 93.0 cm³/mol. The van der Waals surface area contributed by atoms with Gasteiger partial charge in [-0.15, -0.1) is 0 Å². The number of carbonyl (C=O) groups is 1. The van der Waals surface area contributed by atoms with Crippen LogP contribution in [0.15, 0.2) is 60.7 Å². The van der Waals surface area contributed by atoms with Gasteiger partial charge in [0.05, 0.1) is 11.2 Å². The minimum atomic E-state index is -0.0137. The minimum Gasteiger partial charge on any atom is -0.487 e. The lowest BCUT2D eigenvalue weighted by Crippen LogP contribution is -2.25. The predicted octanol–water partition coefficient (Wildman–Crippen LogP) is 3.71. The highest BCUT2D eigenvalue weighted by Crippen LogP contribution is 2.20. The van der Waals surface area contributed by atoms with Crippen molar-refractivity contribution in [3.63, 3.8) is 0 Å². The molecule has 1 aliphatic carbocycles. The average Bonchev–Trinajstić information content (AvgIpc) is 3.44. The Morgan fingerprint density at radius 3 is 2.62 bits per heavy atom. The van der Waals surface area contributed by atoms with Crippen molar-refractivity contribution in [1.82, 2.24) is 10.3 Å². The van der Waals surface area contributed by atoms with Crippen LogP contribution in [0.5, 0.6) is 5.75 Å². The first-order chi connectivity index (χ1) is 11.8. The lowest BCUT2D eigenvalue weighted by Gasteiger charge is -2.08. The van der Waals surface area contributed by atoms with Crippen molar-refractivity contribution in [1.29, 1.82) is 0 Å². The minimum absolute atomic E-state index is 0.0137. The molecule has 0 unspecified atom stereocenters. The van der Waals surface area contributed by atoms with Gasteiger partial charge in [0.25, 0.3) is 5.91 Å². The van der Waals surface area contributed by atoms with E-state index in [1.54, 1.807) is 12.1 Å². The van der Waals surface area contributed by atoms with Crippen molar-refractivity contribution in [2.24, 2.45) is 0 Å². The van der Waals surface area contributed by atoms with Crippen LogP contribution in [-0.4, -0.2) is 16.9 Å². The molecule has 0 spiro atoms. The first kappa shape index (κ1) is 14.7. The van der Waals surface area contributed by atoms with Crippen LogP contribution in [0.2, 0.25) is 0 Å². The molecule has 1 amide bonds. The van der Waals surface area contributed by atoms with Gasteiger partial charge < -0.3 is 10.1 Å². The molecule has 2 aromatic carbocycles. The molecule has 0 aliphatic heterocycles. The molecule has 24 heavy (non-hydrogen) atoms. The quantitative estimate of drug-likeness (QED) is 0.780. The van der Waals surface area contributed by atoms with Gasteiger partial charge >= 0.3 is 0 Å². The van der Waals surface area contributed by atoms with Gasteiger partial charge in [-0.3, -0.25) is 4.79 Å². The number of para-hydroxylation sites is 1. The van der Waals surface area contributed by atoms with Gasteiger partial charge in [-0.1, -0.05) is 24.3 Å². The summed E-state index contributed by atoms with van der Waals surface area (Å²) in [5.41, 5.74) is 2.51. The van der Waals surface area contributed by atoms with Crippen LogP contribution in [0.3, 0.4) is 0 Å². The number of amides is 1. The fourth-order valence-electron chi connectivity index (χ4n) is 2.54. The molecule has 120 valence electrons. The Hall–Kier alpha value is -2.88. The molecule has 1 heterocycles. The smallest absolute Gasteiger partial charge is 0.251 e. The number of nitrogens with zero attached hydrogens (tertiary/aromatic N) is 1. The van der Waals surface area contributed by atoms with Crippen LogP contribution in [0.4, 0.5) is 0 Å². The summed E-state index contributed by atoms with van der Waals surface area (Å²) in [6, 6.07) is 19.6. The molecule has 0 atom stereocenters. The molecule has 4 heteroatoms. The number of ether oxygens (including phenoxy) is 1. The number of carbonyl (C=O) groups excluding carboxylic acids is 1. The molecule has 3 aromatic rings. The van der Waals surface area contributed by atoms with E-state index in [4.69, 9.17) is 4.74 Å². The SMILES string of the molecule is O=C(NC1CC1)c1ccc(OCc2ccc3ccccc3n2)cc1. The van der Waals surface area contributed by atoms with E-state index in [-0.39, 0.29) is 5.91 Å². The molecule has 0 bridgehead atoms. The zero-order chi connectivity index (χ0) is 16.4. The summed E-state index contributed by atoms with van der Waals surface area (Å²) in [5, 5.41) is 4.09. The molecule has 4 rings (SSSR count). The standard InChI is InChI=1S/C20H18N2O2/c23-20(22-16-9-10-16)15-6-11-18(12-7-15)24-13-17-8-5-14-3-1-2-4-19(14)21-17/h1-8,11-12,16H,9-10,13H2,(H,22,23). The summed E-state index contributed by atoms with van der Waals surface area (Å²) in [4.78, 5) is 16.5. The number of rotatable bonds is 5. The molecule has 0 radical (unpaired) electrons. The molecule has 4 nitrogen and oxygen atoms in total. The van der Waals surface area contributed by atoms with Crippen molar-refractivity contribution in [2.45, 2.75) is 25.5 Å². The van der Waals surface area contributed by atoms with E-state index in [0.717, 1.165) is 35.2 Å². The van der Waals surface area contributed by atoms with Gasteiger partial charge in [-0.25, -0.2) is 4.98 Å². The van der Waals surface area contributed by atoms with E-state index >= 15 is 0 Å². The van der Waals surface area contributed by atoms with Crippen LogP contribution in [0.1, 0.15) is 28.9 Å². The Balaban J connectivity index is 1.40. The van der Waals surface area contributed by atoms with Gasteiger partial charge in [0, 0.05) is 17.0 Å². The lowest BCUT2D eigenvalue weighted by atomic mass is 10.2. The second kappa shape index (κ2) is 6.32. The number of pyridine rings is 1. The number of fused-ring (bicyclic) bond motifs is 1. The largest absolute Gasteiger partial charge is 0.487 e. The van der Waals surface area contributed by atoms with Crippen molar-refractivity contribution in [3.8, 4) is 5.75 Å². The number of hydrogen-bond donors (Lipinski definition) is 1. The number of hydrogen-bond acceptors (Lipinski definition) is 3. The van der Waals surface area contributed by atoms with Crippen molar-refractivity contribution in [3.05, 3.63) is 71.9 Å². The molecule has 1 N–H and O–H groups in total. The monoisotopic (exact) mass is 318 g/mol. The summed E-state index contributed by atoms with van der Waals surface area (Å²) in [5.74, 6) is 0.716. The Morgan fingerprint density at radius 2 is 1.83 bits per heavy atom. The second-order valence-electron chi connectivity index (χ2n) is 6.06. The Kier molecular flexibility index (Phi) is 3.87. The Labute approximate surface area is 140 Å². The van der Waals surface area contributed by atoms with Gasteiger partial charge in [0.15, 0.2) is 0 Å². The van der Waals surface area contributed by atoms with Crippen LogP contribution < -0.4 is 10.1 Å². The molecule has 1 saturated carbocycles. The molecule has 1 aromatic heterocycles. The molecule has 1 fully saturated rings. The fourth-order valence-corrected chi connectivity index (χ4v) is 2.54. The van der Waals surface area contributed by atoms with Crippen molar-refractivity contribution in [2.75, 3.05) is 0 Å². The molecular formula is C20H18N2O2. The first-order valence-electron chi connectivity index (χ1n) is 8.16. The highest BCUT2D eigenvalue weighted by Gasteiger charge is 2.23. The fraction of sp³-hybridized carbons (Fsp3) is 0.200. The maximum Gasteiger partial charge on any atom is 0.251 e. The van der Waals surface area contributed by atoms with Crippen molar-refractivity contribution >= 4 is 16.8 Å². The summed E-state index contributed by atoms with van der Waals surface area (Å²) < 4.78 is 5.77. The molecular weight excluding hydrogens is 300 g/mol. The molecule has 0 saturated heterocycles. The third kappa shape index (κ3) is 3.38. The maximum atomic E-state index is 11.9. The number of nitrogens with one attached hydrogen (secondary N) is 1. The van der Waals surface area contributed by atoms with E-state index < -0.39 is 0 Å². The zero-order valence-electron chi connectivity index (χ0n) is 13.2. The summed E-state index contributed by atoms with van der Waals surface area (Å²) in [7, 11) is 0. The van der Waals surface area contributed by atoms with E-state index in [9.17, 15) is 4.79 Å². The van der Waals surface area contributed by atoms with Gasteiger partial charge in [-0.2, -0.15) is 0 Å². The van der Waals surface area contributed by atoms with Crippen LogP contribution >= 0.6 is 0 Å². The van der Waals surface area contributed by atoms with E-state index in [1.165, 1.54) is 0 Å². The van der Waals surface area contributed by atoms with E-state index in [2.05, 4.69) is 10.3 Å². The van der Waals surface area contributed by atoms with Crippen molar-refractivity contribution < 1.29 is 9.53 Å². The van der Waals surface area contributed by atoms with Crippen LogP contribution in [0.25, 0.3) is 10.9 Å². The lowest BCUT2D eigenvalue weighted by molar-refractivity contribution is 0.0951. The van der Waals surface area contributed by atoms with Gasteiger partial charge in [0.1, 0.15) is 12.4 Å². The van der Waals surface area contributed by atoms with Gasteiger partial charge in [0.2, 0.25) is 0 Å². The van der Waals surface area contributed by atoms with E-state index in [0.29, 0.717) is 18.2 Å². The van der Waals surface area contributed by atoms with E-state index in [1.807, 2.05) is 48.5 Å². The topological polar surface area (TPSA) is 51.2 Å². The maximum absolute atomic E-state index is 11.9. The normalized spacial score (nSPS) is 13.7. The average molecular weight is 318 g/mol. The van der Waals surface area contributed by atoms with Crippen LogP contribution in [0, 0.1) is 0 Å². The summed E-state index contributed by atoms with van der Waals surface area (Å²) in [6.07, 6.45) is 2.18. The third-order valence-corrected chi connectivity index (χ3v) is 4.07. The number of aromatic nitrogens is 1. The Morgan fingerprint density at radius 1 is 1.04 bits per heavy atom. The Bertz CT molecular complexity index is 870. The molecule has 1 aliphatic rings. The highest BCUT2D eigenvalue weighted by molar-refractivity contribution is 5.94. The first-order valence-corrected chi connectivity index (χ1v) is 8.16. The number of benzene rings is 2.